The summed E-state index contributed by atoms with van der Waals surface area (Å²) in [7, 11) is 1.65. The van der Waals surface area contributed by atoms with Crippen LogP contribution in [0.3, 0.4) is 0 Å². The second-order valence-corrected chi connectivity index (χ2v) is 6.54. The number of methoxy groups -OCH3 is 1. The lowest BCUT2D eigenvalue weighted by atomic mass is 10.1. The van der Waals surface area contributed by atoms with E-state index in [1.54, 1.807) is 13.2 Å². The van der Waals surface area contributed by atoms with Gasteiger partial charge in [-0.2, -0.15) is 0 Å². The molecule has 0 aliphatic heterocycles. The molecule has 2 nitrogen and oxygen atoms in total. The average Bonchev–Trinajstić information content (AvgIpc) is 2.91. The van der Waals surface area contributed by atoms with Gasteiger partial charge < -0.3 is 9.30 Å². The third-order valence-electron chi connectivity index (χ3n) is 4.03. The third-order valence-corrected chi connectivity index (χ3v) is 4.87. The molecule has 0 spiro atoms. The van der Waals surface area contributed by atoms with Gasteiger partial charge in [0.2, 0.25) is 0 Å². The number of halogens is 3. The maximum absolute atomic E-state index is 6.43. The Hall–Kier alpha value is -1.61. The number of ether oxygens (including phenoxy) is 1. The van der Waals surface area contributed by atoms with Crippen LogP contribution in [0.4, 0.5) is 0 Å². The lowest BCUT2D eigenvalue weighted by Gasteiger charge is -2.14. The summed E-state index contributed by atoms with van der Waals surface area (Å²) in [5, 5.41) is 1.22. The Morgan fingerprint density at radius 3 is 2.29 bits per heavy atom. The summed E-state index contributed by atoms with van der Waals surface area (Å²) in [6, 6.07) is 15.5. The van der Waals surface area contributed by atoms with E-state index in [1.165, 1.54) is 0 Å². The first-order valence-electron chi connectivity index (χ1n) is 7.42. The Balaban J connectivity index is 2.22. The van der Waals surface area contributed by atoms with Gasteiger partial charge in [0.15, 0.2) is 0 Å². The fourth-order valence-electron chi connectivity index (χ4n) is 2.75. The van der Waals surface area contributed by atoms with Crippen molar-refractivity contribution in [3.63, 3.8) is 0 Å². The first kappa shape index (κ1) is 17.2. The van der Waals surface area contributed by atoms with Crippen LogP contribution < -0.4 is 4.74 Å². The Morgan fingerprint density at radius 2 is 1.71 bits per heavy atom. The van der Waals surface area contributed by atoms with E-state index in [1.807, 2.05) is 36.4 Å². The number of hydrogen-bond donors (Lipinski definition) is 0. The number of aromatic nitrogens is 1. The molecule has 124 valence electrons. The van der Waals surface area contributed by atoms with Crippen molar-refractivity contribution in [2.24, 2.45) is 0 Å². The summed E-state index contributed by atoms with van der Waals surface area (Å²) in [4.78, 5) is 0. The van der Waals surface area contributed by atoms with Crippen LogP contribution in [0.2, 0.25) is 10.0 Å². The molecule has 0 fully saturated rings. The summed E-state index contributed by atoms with van der Waals surface area (Å²) >= 11 is 18.6. The van der Waals surface area contributed by atoms with Crippen molar-refractivity contribution in [2.45, 2.75) is 12.8 Å². The standard InChI is InChI=1S/C19H16Cl3NO/c1-12-13(11-20)9-19(17-8-3-14(21)10-18(17)22)23(12)15-4-6-16(24-2)7-5-15/h3-10H,11H2,1-2H3. The SMILES string of the molecule is COc1ccc(-n2c(-c3ccc(Cl)cc3Cl)cc(CCl)c2C)cc1. The monoisotopic (exact) mass is 379 g/mol. The highest BCUT2D eigenvalue weighted by Crippen LogP contribution is 2.35. The molecular weight excluding hydrogens is 365 g/mol. The predicted octanol–water partition coefficient (Wildman–Crippen LogP) is 6.51. The summed E-state index contributed by atoms with van der Waals surface area (Å²) in [6.07, 6.45) is 0. The van der Waals surface area contributed by atoms with Crippen molar-refractivity contribution >= 4 is 34.8 Å². The molecule has 1 heterocycles. The van der Waals surface area contributed by atoms with Crippen LogP contribution in [0, 0.1) is 6.92 Å². The van der Waals surface area contributed by atoms with E-state index >= 15 is 0 Å². The van der Waals surface area contributed by atoms with Gasteiger partial charge in [0.25, 0.3) is 0 Å². The third kappa shape index (κ3) is 3.14. The van der Waals surface area contributed by atoms with Crippen LogP contribution in [-0.4, -0.2) is 11.7 Å². The normalized spacial score (nSPS) is 10.9. The largest absolute Gasteiger partial charge is 0.497 e. The minimum Gasteiger partial charge on any atom is -0.497 e. The Morgan fingerprint density at radius 1 is 1.00 bits per heavy atom. The van der Waals surface area contributed by atoms with E-state index in [4.69, 9.17) is 39.5 Å². The van der Waals surface area contributed by atoms with E-state index in [2.05, 4.69) is 17.6 Å². The maximum atomic E-state index is 6.43. The molecule has 1 aromatic heterocycles. The van der Waals surface area contributed by atoms with Crippen LogP contribution in [-0.2, 0) is 5.88 Å². The highest BCUT2D eigenvalue weighted by molar-refractivity contribution is 6.36. The second kappa shape index (κ2) is 7.10. The van der Waals surface area contributed by atoms with E-state index < -0.39 is 0 Å². The molecule has 0 aliphatic carbocycles. The highest BCUT2D eigenvalue weighted by atomic mass is 35.5. The average molecular weight is 381 g/mol. The van der Waals surface area contributed by atoms with Crippen molar-refractivity contribution < 1.29 is 4.74 Å². The van der Waals surface area contributed by atoms with Gasteiger partial charge in [-0.15, -0.1) is 11.6 Å². The first-order chi connectivity index (χ1) is 11.5. The zero-order valence-corrected chi connectivity index (χ0v) is 15.6. The second-order valence-electron chi connectivity index (χ2n) is 5.43. The predicted molar refractivity (Wildman–Crippen MR) is 102 cm³/mol. The van der Waals surface area contributed by atoms with E-state index in [0.29, 0.717) is 15.9 Å². The molecule has 2 aromatic carbocycles. The number of hydrogen-bond acceptors (Lipinski definition) is 1. The van der Waals surface area contributed by atoms with Crippen LogP contribution in [0.5, 0.6) is 5.75 Å². The Kier molecular flexibility index (Phi) is 5.09. The van der Waals surface area contributed by atoms with Gasteiger partial charge >= 0.3 is 0 Å². The molecule has 0 unspecified atom stereocenters. The number of benzene rings is 2. The van der Waals surface area contributed by atoms with Crippen molar-refractivity contribution in [3.05, 3.63) is 69.8 Å². The molecule has 0 bridgehead atoms. The lowest BCUT2D eigenvalue weighted by Crippen LogP contribution is -2.00. The fourth-order valence-corrected chi connectivity index (χ4v) is 3.53. The topological polar surface area (TPSA) is 14.2 Å². The molecule has 0 saturated heterocycles. The van der Waals surface area contributed by atoms with Crippen LogP contribution in [0.15, 0.2) is 48.5 Å². The number of nitrogens with zero attached hydrogens (tertiary/aromatic N) is 1. The molecule has 24 heavy (non-hydrogen) atoms. The molecule has 3 rings (SSSR count). The molecule has 5 heteroatoms. The molecular formula is C19H16Cl3NO. The van der Waals surface area contributed by atoms with E-state index in [-0.39, 0.29) is 0 Å². The van der Waals surface area contributed by atoms with Gasteiger partial charge in [0.05, 0.1) is 17.8 Å². The van der Waals surface area contributed by atoms with Crippen LogP contribution in [0.25, 0.3) is 16.9 Å². The first-order valence-corrected chi connectivity index (χ1v) is 8.71. The zero-order chi connectivity index (χ0) is 17.3. The molecule has 0 amide bonds. The summed E-state index contributed by atoms with van der Waals surface area (Å²) < 4.78 is 7.39. The highest BCUT2D eigenvalue weighted by Gasteiger charge is 2.16. The van der Waals surface area contributed by atoms with Gasteiger partial charge in [-0.1, -0.05) is 23.2 Å². The molecule has 0 aliphatic rings. The fraction of sp³-hybridized carbons (Fsp3) is 0.158. The zero-order valence-electron chi connectivity index (χ0n) is 13.3. The Labute approximate surface area is 156 Å². The van der Waals surface area contributed by atoms with Gasteiger partial charge in [-0.25, -0.2) is 0 Å². The minimum atomic E-state index is 0.438. The quantitative estimate of drug-likeness (QED) is 0.471. The smallest absolute Gasteiger partial charge is 0.119 e. The summed E-state index contributed by atoms with van der Waals surface area (Å²) in [5.74, 6) is 1.25. The minimum absolute atomic E-state index is 0.438. The van der Waals surface area contributed by atoms with Gasteiger partial charge in [0.1, 0.15) is 5.75 Å². The number of rotatable bonds is 4. The summed E-state index contributed by atoms with van der Waals surface area (Å²) in [5.41, 5.74) is 5.06. The molecule has 3 aromatic rings. The summed E-state index contributed by atoms with van der Waals surface area (Å²) in [6.45, 7) is 2.05. The molecule has 0 N–H and O–H groups in total. The molecule has 0 radical (unpaired) electrons. The van der Waals surface area contributed by atoms with Gasteiger partial charge in [0, 0.05) is 27.8 Å². The van der Waals surface area contributed by atoms with Gasteiger partial charge in [-0.05, 0) is 61.0 Å². The molecule has 0 saturated carbocycles. The van der Waals surface area contributed by atoms with Crippen molar-refractivity contribution in [1.82, 2.24) is 4.57 Å². The van der Waals surface area contributed by atoms with Crippen molar-refractivity contribution in [3.8, 4) is 22.7 Å². The van der Waals surface area contributed by atoms with Crippen molar-refractivity contribution in [2.75, 3.05) is 7.11 Å². The van der Waals surface area contributed by atoms with E-state index in [0.717, 1.165) is 34.0 Å². The molecule has 0 atom stereocenters. The van der Waals surface area contributed by atoms with Crippen LogP contribution >= 0.6 is 34.8 Å². The van der Waals surface area contributed by atoms with Crippen LogP contribution in [0.1, 0.15) is 11.3 Å². The van der Waals surface area contributed by atoms with Crippen molar-refractivity contribution in [1.29, 1.82) is 0 Å². The number of alkyl halides is 1. The van der Waals surface area contributed by atoms with Gasteiger partial charge in [-0.3, -0.25) is 0 Å². The maximum Gasteiger partial charge on any atom is 0.119 e. The Bertz CT molecular complexity index is 869. The van der Waals surface area contributed by atoms with E-state index in [9.17, 15) is 0 Å². The lowest BCUT2D eigenvalue weighted by molar-refractivity contribution is 0.414.